The summed E-state index contributed by atoms with van der Waals surface area (Å²) in [6, 6.07) is 8.22. The van der Waals surface area contributed by atoms with Crippen molar-refractivity contribution in [3.8, 4) is 5.75 Å². The first-order valence-electron chi connectivity index (χ1n) is 6.65. The van der Waals surface area contributed by atoms with Crippen molar-refractivity contribution in [2.75, 3.05) is 5.32 Å². The van der Waals surface area contributed by atoms with Crippen LogP contribution in [0.15, 0.2) is 46.8 Å². The van der Waals surface area contributed by atoms with Crippen LogP contribution < -0.4 is 10.9 Å². The molecular formula is C15H13N3O3S. The Hall–Kier alpha value is -2.67. The largest absolute Gasteiger partial charge is 0.506 e. The second-order valence-electron chi connectivity index (χ2n) is 4.70. The number of nitrogens with zero attached hydrogens (tertiary/aromatic N) is 2. The van der Waals surface area contributed by atoms with Crippen molar-refractivity contribution in [3.05, 3.63) is 52.4 Å². The van der Waals surface area contributed by atoms with Crippen molar-refractivity contribution in [3.63, 3.8) is 0 Å². The first-order valence-corrected chi connectivity index (χ1v) is 7.53. The van der Waals surface area contributed by atoms with Crippen LogP contribution >= 0.6 is 11.3 Å². The predicted molar refractivity (Wildman–Crippen MR) is 85.2 cm³/mol. The Bertz CT molecular complexity index is 885. The third kappa shape index (κ3) is 2.84. The quantitative estimate of drug-likeness (QED) is 0.723. The summed E-state index contributed by atoms with van der Waals surface area (Å²) in [5, 5.41) is 14.6. The fourth-order valence-electron chi connectivity index (χ4n) is 2.07. The topological polar surface area (TPSA) is 84.2 Å². The lowest BCUT2D eigenvalue weighted by Gasteiger charge is -2.08. The molecule has 0 unspecified atom stereocenters. The van der Waals surface area contributed by atoms with Gasteiger partial charge in [0.2, 0.25) is 5.91 Å². The molecule has 0 saturated heterocycles. The number of phenols is 1. The zero-order chi connectivity index (χ0) is 15.5. The predicted octanol–water partition coefficient (Wildman–Crippen LogP) is 2.19. The molecule has 1 amide bonds. The van der Waals surface area contributed by atoms with Crippen LogP contribution in [0.25, 0.3) is 10.2 Å². The van der Waals surface area contributed by atoms with Gasteiger partial charge in [0.25, 0.3) is 5.56 Å². The number of nitrogens with one attached hydrogen (secondary N) is 1. The summed E-state index contributed by atoms with van der Waals surface area (Å²) in [4.78, 5) is 29.0. The zero-order valence-corrected chi connectivity index (χ0v) is 12.3. The van der Waals surface area contributed by atoms with Gasteiger partial charge in [0, 0.05) is 13.0 Å². The number of thiophene rings is 1. The van der Waals surface area contributed by atoms with E-state index in [0.717, 1.165) is 0 Å². The monoisotopic (exact) mass is 315 g/mol. The Morgan fingerprint density at radius 1 is 1.32 bits per heavy atom. The van der Waals surface area contributed by atoms with Gasteiger partial charge in [0.05, 0.1) is 17.4 Å². The van der Waals surface area contributed by atoms with E-state index in [4.69, 9.17) is 0 Å². The number of carbonyl (C=O) groups is 1. The van der Waals surface area contributed by atoms with Gasteiger partial charge in [-0.1, -0.05) is 12.1 Å². The van der Waals surface area contributed by atoms with Gasteiger partial charge in [0.1, 0.15) is 10.6 Å². The Labute approximate surface area is 129 Å². The van der Waals surface area contributed by atoms with E-state index in [2.05, 4.69) is 10.3 Å². The van der Waals surface area contributed by atoms with Crippen molar-refractivity contribution in [2.24, 2.45) is 0 Å². The SMILES string of the molecule is O=C(CCn1cnc2sccc2c1=O)Nc1ccccc1O. The molecule has 0 aliphatic heterocycles. The highest BCUT2D eigenvalue weighted by Crippen LogP contribution is 2.21. The van der Waals surface area contributed by atoms with Crippen LogP contribution in [-0.2, 0) is 11.3 Å². The highest BCUT2D eigenvalue weighted by molar-refractivity contribution is 7.16. The van der Waals surface area contributed by atoms with Crippen LogP contribution in [0.1, 0.15) is 6.42 Å². The zero-order valence-electron chi connectivity index (χ0n) is 11.5. The van der Waals surface area contributed by atoms with Crippen LogP contribution in [-0.4, -0.2) is 20.6 Å². The van der Waals surface area contributed by atoms with E-state index in [1.807, 2.05) is 5.38 Å². The van der Waals surface area contributed by atoms with E-state index in [-0.39, 0.29) is 30.2 Å². The summed E-state index contributed by atoms with van der Waals surface area (Å²) in [5.41, 5.74) is 0.202. The van der Waals surface area contributed by atoms with Gasteiger partial charge in [-0.2, -0.15) is 0 Å². The van der Waals surface area contributed by atoms with Crippen LogP contribution in [0.4, 0.5) is 5.69 Å². The number of para-hydroxylation sites is 2. The van der Waals surface area contributed by atoms with Gasteiger partial charge < -0.3 is 10.4 Å². The average molecular weight is 315 g/mol. The van der Waals surface area contributed by atoms with Gasteiger partial charge in [-0.15, -0.1) is 11.3 Å². The van der Waals surface area contributed by atoms with E-state index in [9.17, 15) is 14.7 Å². The number of aromatic nitrogens is 2. The molecule has 3 rings (SSSR count). The third-order valence-electron chi connectivity index (χ3n) is 3.21. The van der Waals surface area contributed by atoms with Crippen molar-refractivity contribution < 1.29 is 9.90 Å². The molecule has 3 aromatic rings. The molecule has 2 heterocycles. The lowest BCUT2D eigenvalue weighted by molar-refractivity contribution is -0.116. The minimum atomic E-state index is -0.279. The highest BCUT2D eigenvalue weighted by Gasteiger charge is 2.09. The van der Waals surface area contributed by atoms with E-state index in [1.54, 1.807) is 24.3 Å². The van der Waals surface area contributed by atoms with Crippen LogP contribution in [0, 0.1) is 0 Å². The molecule has 0 atom stereocenters. The van der Waals surface area contributed by atoms with Crippen LogP contribution in [0.2, 0.25) is 0 Å². The summed E-state index contributed by atoms with van der Waals surface area (Å²) in [7, 11) is 0. The van der Waals surface area contributed by atoms with Crippen molar-refractivity contribution >= 4 is 33.1 Å². The average Bonchev–Trinajstić information content (AvgIpc) is 2.98. The summed E-state index contributed by atoms with van der Waals surface area (Å²) < 4.78 is 1.42. The smallest absolute Gasteiger partial charge is 0.262 e. The van der Waals surface area contributed by atoms with E-state index in [0.29, 0.717) is 15.9 Å². The number of fused-ring (bicyclic) bond motifs is 1. The molecule has 0 spiro atoms. The molecule has 0 saturated carbocycles. The molecule has 112 valence electrons. The van der Waals surface area contributed by atoms with Gasteiger partial charge in [-0.3, -0.25) is 14.2 Å². The Morgan fingerprint density at radius 2 is 2.14 bits per heavy atom. The van der Waals surface area contributed by atoms with Crippen molar-refractivity contribution in [2.45, 2.75) is 13.0 Å². The summed E-state index contributed by atoms with van der Waals surface area (Å²) in [6.45, 7) is 0.233. The fourth-order valence-corrected chi connectivity index (χ4v) is 2.79. The fraction of sp³-hybridized carbons (Fsp3) is 0.133. The molecule has 6 nitrogen and oxygen atoms in total. The van der Waals surface area contributed by atoms with Crippen molar-refractivity contribution in [1.29, 1.82) is 0 Å². The number of aryl methyl sites for hydroxylation is 1. The molecule has 1 aromatic carbocycles. The molecular weight excluding hydrogens is 302 g/mol. The number of benzene rings is 1. The van der Waals surface area contributed by atoms with Gasteiger partial charge in [-0.05, 0) is 23.6 Å². The maximum Gasteiger partial charge on any atom is 0.262 e. The van der Waals surface area contributed by atoms with E-state index >= 15 is 0 Å². The summed E-state index contributed by atoms with van der Waals surface area (Å²) in [5.74, 6) is -0.270. The number of carbonyl (C=O) groups excluding carboxylic acids is 1. The molecule has 0 aliphatic carbocycles. The Balaban J connectivity index is 1.69. The number of amides is 1. The maximum absolute atomic E-state index is 12.2. The first kappa shape index (κ1) is 14.3. The van der Waals surface area contributed by atoms with Gasteiger partial charge >= 0.3 is 0 Å². The number of hydrogen-bond acceptors (Lipinski definition) is 5. The molecule has 0 fully saturated rings. The summed E-state index contributed by atoms with van der Waals surface area (Å²) >= 11 is 1.41. The number of anilines is 1. The van der Waals surface area contributed by atoms with Crippen LogP contribution in [0.3, 0.4) is 0 Å². The third-order valence-corrected chi connectivity index (χ3v) is 4.03. The van der Waals surface area contributed by atoms with Gasteiger partial charge in [-0.25, -0.2) is 4.98 Å². The molecule has 2 aromatic heterocycles. The number of rotatable bonds is 4. The number of hydrogen-bond donors (Lipinski definition) is 2. The maximum atomic E-state index is 12.2. The first-order chi connectivity index (χ1) is 10.6. The lowest BCUT2D eigenvalue weighted by Crippen LogP contribution is -2.23. The number of phenolic OH excluding ortho intramolecular Hbond substituents is 1. The second-order valence-corrected chi connectivity index (χ2v) is 5.59. The lowest BCUT2D eigenvalue weighted by atomic mass is 10.3. The number of aromatic hydroxyl groups is 1. The summed E-state index contributed by atoms with van der Waals surface area (Å²) in [6.07, 6.45) is 1.57. The van der Waals surface area contributed by atoms with E-state index in [1.165, 1.54) is 28.3 Å². The second kappa shape index (κ2) is 5.98. The normalized spacial score (nSPS) is 10.7. The minimum Gasteiger partial charge on any atom is -0.506 e. The Kier molecular flexibility index (Phi) is 3.88. The molecule has 2 N–H and O–H groups in total. The standard InChI is InChI=1S/C15H13N3O3S/c19-12-4-2-1-3-11(12)17-13(20)5-7-18-9-16-14-10(15(18)21)6-8-22-14/h1-4,6,8-9,19H,5,7H2,(H,17,20). The van der Waals surface area contributed by atoms with E-state index < -0.39 is 0 Å². The van der Waals surface area contributed by atoms with Gasteiger partial charge in [0.15, 0.2) is 0 Å². The molecule has 0 bridgehead atoms. The minimum absolute atomic E-state index is 0.00868. The molecule has 0 radical (unpaired) electrons. The van der Waals surface area contributed by atoms with Crippen LogP contribution in [0.5, 0.6) is 5.75 Å². The molecule has 0 aliphatic rings. The molecule has 22 heavy (non-hydrogen) atoms. The Morgan fingerprint density at radius 3 is 2.95 bits per heavy atom. The van der Waals surface area contributed by atoms with Crippen molar-refractivity contribution in [1.82, 2.24) is 9.55 Å². The highest BCUT2D eigenvalue weighted by atomic mass is 32.1. The molecule has 7 heteroatoms.